The molecule has 0 aliphatic rings. The Labute approximate surface area is 126 Å². The van der Waals surface area contributed by atoms with Gasteiger partial charge in [-0.25, -0.2) is 4.98 Å². The van der Waals surface area contributed by atoms with Crippen LogP contribution >= 0.6 is 11.3 Å². The summed E-state index contributed by atoms with van der Waals surface area (Å²) >= 11 is 1.65. The summed E-state index contributed by atoms with van der Waals surface area (Å²) in [4.78, 5) is 4.69. The molecule has 0 atom stereocenters. The summed E-state index contributed by atoms with van der Waals surface area (Å²) in [6.45, 7) is 2.06. The van der Waals surface area contributed by atoms with Gasteiger partial charge < -0.3 is 10.9 Å². The number of nitrogens with zero attached hydrogens (tertiary/aromatic N) is 2. The van der Waals surface area contributed by atoms with Gasteiger partial charge in [-0.1, -0.05) is 42.4 Å². The molecule has 0 spiro atoms. The van der Waals surface area contributed by atoms with Crippen molar-refractivity contribution in [3.63, 3.8) is 0 Å². The molecule has 1 aromatic heterocycles. The fourth-order valence-electron chi connectivity index (χ4n) is 2.45. The van der Waals surface area contributed by atoms with Crippen molar-refractivity contribution in [3.05, 3.63) is 53.6 Å². The summed E-state index contributed by atoms with van der Waals surface area (Å²) in [6, 6.07) is 13.9. The van der Waals surface area contributed by atoms with E-state index in [9.17, 15) is 0 Å². The number of aromatic nitrogens is 1. The molecule has 0 saturated heterocycles. The Hall–Kier alpha value is -2.40. The van der Waals surface area contributed by atoms with E-state index in [2.05, 4.69) is 18.1 Å². The van der Waals surface area contributed by atoms with Crippen LogP contribution in [0.2, 0.25) is 0 Å². The summed E-state index contributed by atoms with van der Waals surface area (Å²) in [6.07, 6.45) is 0.789. The Morgan fingerprint density at radius 3 is 2.76 bits per heavy atom. The standard InChI is InChI=1S/C16H15N3OS/c1-2-10-11(15(17)19-20)6-5-7-12(10)16-18-13-8-3-4-9-14(13)21-16/h3-9,20H,2H2,1H3,(H2,17,19). The number of oxime groups is 1. The number of nitrogens with two attached hydrogens (primary N) is 1. The first kappa shape index (κ1) is 13.6. The van der Waals surface area contributed by atoms with Gasteiger partial charge in [0, 0.05) is 11.1 Å². The molecule has 0 amide bonds. The first-order valence-electron chi connectivity index (χ1n) is 6.70. The Morgan fingerprint density at radius 1 is 1.24 bits per heavy atom. The van der Waals surface area contributed by atoms with Gasteiger partial charge in [-0.05, 0) is 24.1 Å². The second-order valence-corrected chi connectivity index (χ2v) is 5.69. The molecule has 0 fully saturated rings. The maximum Gasteiger partial charge on any atom is 0.170 e. The maximum atomic E-state index is 8.93. The van der Waals surface area contributed by atoms with Crippen molar-refractivity contribution in [1.29, 1.82) is 0 Å². The van der Waals surface area contributed by atoms with Crippen LogP contribution in [-0.4, -0.2) is 16.0 Å². The Bertz CT molecular complexity index is 790. The smallest absolute Gasteiger partial charge is 0.170 e. The molecule has 5 heteroatoms. The lowest BCUT2D eigenvalue weighted by Crippen LogP contribution is -2.15. The summed E-state index contributed by atoms with van der Waals surface area (Å²) in [5, 5.41) is 13.0. The molecule has 2 aromatic carbocycles. The average Bonchev–Trinajstić information content (AvgIpc) is 2.97. The van der Waals surface area contributed by atoms with Crippen LogP contribution in [0.1, 0.15) is 18.1 Å². The third kappa shape index (κ3) is 2.36. The van der Waals surface area contributed by atoms with E-state index in [4.69, 9.17) is 15.9 Å². The van der Waals surface area contributed by atoms with Crippen molar-refractivity contribution >= 4 is 27.4 Å². The van der Waals surface area contributed by atoms with Gasteiger partial charge in [0.1, 0.15) is 5.01 Å². The van der Waals surface area contributed by atoms with E-state index in [1.54, 1.807) is 11.3 Å². The summed E-state index contributed by atoms with van der Waals surface area (Å²) < 4.78 is 1.16. The highest BCUT2D eigenvalue weighted by molar-refractivity contribution is 7.21. The van der Waals surface area contributed by atoms with Crippen molar-refractivity contribution in [2.75, 3.05) is 0 Å². The molecule has 4 nitrogen and oxygen atoms in total. The molecule has 0 aliphatic heterocycles. The molecular formula is C16H15N3OS. The molecule has 0 radical (unpaired) electrons. The molecule has 0 unspecified atom stereocenters. The van der Waals surface area contributed by atoms with Gasteiger partial charge >= 0.3 is 0 Å². The van der Waals surface area contributed by atoms with Crippen LogP contribution in [0.3, 0.4) is 0 Å². The van der Waals surface area contributed by atoms with E-state index in [0.29, 0.717) is 0 Å². The number of benzene rings is 2. The molecule has 3 aromatic rings. The molecule has 3 N–H and O–H groups in total. The highest BCUT2D eigenvalue weighted by Gasteiger charge is 2.14. The van der Waals surface area contributed by atoms with Gasteiger partial charge in [-0.15, -0.1) is 11.3 Å². The Morgan fingerprint density at radius 2 is 2.05 bits per heavy atom. The van der Waals surface area contributed by atoms with Crippen molar-refractivity contribution in [2.24, 2.45) is 10.9 Å². The number of para-hydroxylation sites is 1. The van der Waals surface area contributed by atoms with Gasteiger partial charge in [0.2, 0.25) is 0 Å². The fraction of sp³-hybridized carbons (Fsp3) is 0.125. The third-order valence-corrected chi connectivity index (χ3v) is 4.51. The van der Waals surface area contributed by atoms with Gasteiger partial charge in [0.25, 0.3) is 0 Å². The average molecular weight is 297 g/mol. The van der Waals surface area contributed by atoms with Crippen molar-refractivity contribution < 1.29 is 5.21 Å². The van der Waals surface area contributed by atoms with Gasteiger partial charge in [0.05, 0.1) is 10.2 Å². The van der Waals surface area contributed by atoms with Crippen molar-refractivity contribution in [2.45, 2.75) is 13.3 Å². The minimum absolute atomic E-state index is 0.134. The zero-order chi connectivity index (χ0) is 14.8. The molecule has 1 heterocycles. The zero-order valence-electron chi connectivity index (χ0n) is 11.6. The maximum absolute atomic E-state index is 8.93. The first-order chi connectivity index (χ1) is 10.2. The van der Waals surface area contributed by atoms with Crippen molar-refractivity contribution in [3.8, 4) is 10.6 Å². The Kier molecular flexibility index (Phi) is 3.58. The zero-order valence-corrected chi connectivity index (χ0v) is 12.4. The summed E-state index contributed by atoms with van der Waals surface area (Å²) in [5.41, 5.74) is 9.62. The number of rotatable bonds is 3. The molecule has 0 saturated carbocycles. The molecule has 3 rings (SSSR count). The predicted molar refractivity (Wildman–Crippen MR) is 86.9 cm³/mol. The van der Waals surface area contributed by atoms with Gasteiger partial charge in [-0.2, -0.15) is 0 Å². The lowest BCUT2D eigenvalue weighted by atomic mass is 9.98. The number of amidine groups is 1. The topological polar surface area (TPSA) is 71.5 Å². The second-order valence-electron chi connectivity index (χ2n) is 4.66. The normalized spacial score (nSPS) is 12.0. The van der Waals surface area contributed by atoms with E-state index in [0.717, 1.165) is 38.3 Å². The second kappa shape index (κ2) is 5.54. The fourth-order valence-corrected chi connectivity index (χ4v) is 3.47. The van der Waals surface area contributed by atoms with E-state index in [1.165, 1.54) is 0 Å². The van der Waals surface area contributed by atoms with Gasteiger partial charge in [-0.3, -0.25) is 0 Å². The first-order valence-corrected chi connectivity index (χ1v) is 7.52. The number of hydrogen-bond acceptors (Lipinski definition) is 4. The summed E-state index contributed by atoms with van der Waals surface area (Å²) in [7, 11) is 0. The number of hydrogen-bond donors (Lipinski definition) is 2. The molecule has 106 valence electrons. The largest absolute Gasteiger partial charge is 0.409 e. The van der Waals surface area contributed by atoms with Crippen LogP contribution in [-0.2, 0) is 6.42 Å². The lowest BCUT2D eigenvalue weighted by Gasteiger charge is -2.10. The van der Waals surface area contributed by atoms with Crippen LogP contribution in [0, 0.1) is 0 Å². The minimum Gasteiger partial charge on any atom is -0.409 e. The monoisotopic (exact) mass is 297 g/mol. The Balaban J connectivity index is 2.22. The highest BCUT2D eigenvalue weighted by atomic mass is 32.1. The lowest BCUT2D eigenvalue weighted by molar-refractivity contribution is 0.318. The van der Waals surface area contributed by atoms with Crippen LogP contribution in [0.25, 0.3) is 20.8 Å². The molecule has 0 bridgehead atoms. The predicted octanol–water partition coefficient (Wildman–Crippen LogP) is 3.62. The molecule has 0 aliphatic carbocycles. The number of thiazole rings is 1. The highest BCUT2D eigenvalue weighted by Crippen LogP contribution is 2.33. The van der Waals surface area contributed by atoms with E-state index in [1.807, 2.05) is 36.4 Å². The van der Waals surface area contributed by atoms with Gasteiger partial charge in [0.15, 0.2) is 5.84 Å². The van der Waals surface area contributed by atoms with Crippen molar-refractivity contribution in [1.82, 2.24) is 4.98 Å². The number of fused-ring (bicyclic) bond motifs is 1. The SMILES string of the molecule is CCc1c(/C(N)=N\O)cccc1-c1nc2ccccc2s1. The minimum atomic E-state index is 0.134. The third-order valence-electron chi connectivity index (χ3n) is 3.44. The van der Waals surface area contributed by atoms with Crippen LogP contribution in [0.15, 0.2) is 47.6 Å². The van der Waals surface area contributed by atoms with Crippen LogP contribution in [0.5, 0.6) is 0 Å². The van der Waals surface area contributed by atoms with E-state index < -0.39 is 0 Å². The molecule has 21 heavy (non-hydrogen) atoms. The van der Waals surface area contributed by atoms with Crippen LogP contribution in [0.4, 0.5) is 0 Å². The quantitative estimate of drug-likeness (QED) is 0.336. The van der Waals surface area contributed by atoms with E-state index in [-0.39, 0.29) is 5.84 Å². The van der Waals surface area contributed by atoms with E-state index >= 15 is 0 Å². The molecular weight excluding hydrogens is 282 g/mol. The van der Waals surface area contributed by atoms with Crippen LogP contribution < -0.4 is 5.73 Å². The summed E-state index contributed by atoms with van der Waals surface area (Å²) in [5.74, 6) is 0.134.